The van der Waals surface area contributed by atoms with Crippen molar-refractivity contribution in [3.63, 3.8) is 0 Å². The lowest BCUT2D eigenvalue weighted by Gasteiger charge is -2.33. The number of carbonyl (C=O) groups is 1. The fourth-order valence-electron chi connectivity index (χ4n) is 3.51. The summed E-state index contributed by atoms with van der Waals surface area (Å²) in [6.45, 7) is 8.58. The number of hydrogen-bond donors (Lipinski definition) is 1. The van der Waals surface area contributed by atoms with Crippen LogP contribution < -0.4 is 5.32 Å². The molecular formula is C17H33N3O2. The van der Waals surface area contributed by atoms with Crippen LogP contribution in [0.1, 0.15) is 51.9 Å². The quantitative estimate of drug-likeness (QED) is 0.735. The molecule has 0 aromatic rings. The number of urea groups is 1. The van der Waals surface area contributed by atoms with Gasteiger partial charge < -0.3 is 19.9 Å². The Balaban J connectivity index is 1.78. The molecular weight excluding hydrogens is 278 g/mol. The van der Waals surface area contributed by atoms with E-state index in [1.165, 1.54) is 38.8 Å². The first-order valence-corrected chi connectivity index (χ1v) is 9.16. The Hall–Kier alpha value is -0.810. The van der Waals surface area contributed by atoms with Crippen LogP contribution >= 0.6 is 0 Å². The number of nitrogens with zero attached hydrogens (tertiary/aromatic N) is 2. The maximum absolute atomic E-state index is 12.5. The second-order valence-electron chi connectivity index (χ2n) is 6.49. The Morgan fingerprint density at radius 1 is 1.14 bits per heavy atom. The zero-order chi connectivity index (χ0) is 15.6. The minimum atomic E-state index is 0.127. The lowest BCUT2D eigenvalue weighted by Crippen LogP contribution is -2.50. The first-order valence-electron chi connectivity index (χ1n) is 9.16. The van der Waals surface area contributed by atoms with Crippen LogP contribution in [0, 0.1) is 0 Å². The lowest BCUT2D eigenvalue weighted by atomic mass is 10.1. The van der Waals surface area contributed by atoms with Crippen molar-refractivity contribution in [2.75, 3.05) is 45.9 Å². The summed E-state index contributed by atoms with van der Waals surface area (Å²) < 4.78 is 5.32. The van der Waals surface area contributed by atoms with Gasteiger partial charge in [0.05, 0.1) is 0 Å². The minimum absolute atomic E-state index is 0.127. The molecule has 1 N–H and O–H groups in total. The molecule has 2 amide bonds. The number of rotatable bonds is 7. The second kappa shape index (κ2) is 10.1. The van der Waals surface area contributed by atoms with Crippen LogP contribution in [-0.2, 0) is 4.74 Å². The maximum Gasteiger partial charge on any atom is 0.317 e. The number of likely N-dealkylation sites (tertiary alicyclic amines) is 2. The Labute approximate surface area is 135 Å². The van der Waals surface area contributed by atoms with Gasteiger partial charge in [0.1, 0.15) is 0 Å². The van der Waals surface area contributed by atoms with Gasteiger partial charge in [0.2, 0.25) is 0 Å². The molecule has 0 saturated carbocycles. The van der Waals surface area contributed by atoms with Crippen LogP contribution in [0.2, 0.25) is 0 Å². The summed E-state index contributed by atoms with van der Waals surface area (Å²) in [4.78, 5) is 17.2. The molecule has 2 rings (SSSR count). The summed E-state index contributed by atoms with van der Waals surface area (Å²) in [5.41, 5.74) is 0. The smallest absolute Gasteiger partial charge is 0.317 e. The Bertz CT molecular complexity index is 319. The summed E-state index contributed by atoms with van der Waals surface area (Å²) >= 11 is 0. The van der Waals surface area contributed by atoms with Crippen LogP contribution in [-0.4, -0.2) is 67.8 Å². The zero-order valence-corrected chi connectivity index (χ0v) is 14.2. The summed E-state index contributed by atoms with van der Waals surface area (Å²) in [6, 6.07) is 0.523. The van der Waals surface area contributed by atoms with Crippen LogP contribution in [0.25, 0.3) is 0 Å². The van der Waals surface area contributed by atoms with Crippen molar-refractivity contribution in [2.24, 2.45) is 0 Å². The van der Waals surface area contributed by atoms with Crippen molar-refractivity contribution < 1.29 is 9.53 Å². The van der Waals surface area contributed by atoms with Crippen molar-refractivity contribution in [1.29, 1.82) is 0 Å². The molecule has 0 bridgehead atoms. The molecule has 0 aromatic heterocycles. The predicted molar refractivity (Wildman–Crippen MR) is 89.1 cm³/mol. The van der Waals surface area contributed by atoms with E-state index in [1.807, 2.05) is 6.92 Å². The van der Waals surface area contributed by atoms with Gasteiger partial charge in [-0.1, -0.05) is 12.8 Å². The van der Waals surface area contributed by atoms with Crippen molar-refractivity contribution in [3.8, 4) is 0 Å². The van der Waals surface area contributed by atoms with E-state index in [0.717, 1.165) is 45.6 Å². The maximum atomic E-state index is 12.5. The molecule has 2 saturated heterocycles. The number of amides is 2. The number of hydrogen-bond acceptors (Lipinski definition) is 3. The van der Waals surface area contributed by atoms with E-state index in [0.29, 0.717) is 12.6 Å². The van der Waals surface area contributed by atoms with Crippen LogP contribution in [0.15, 0.2) is 0 Å². The van der Waals surface area contributed by atoms with Gasteiger partial charge >= 0.3 is 6.03 Å². The molecule has 0 radical (unpaired) electrons. The fourth-order valence-corrected chi connectivity index (χ4v) is 3.51. The van der Waals surface area contributed by atoms with Crippen LogP contribution in [0.5, 0.6) is 0 Å². The first kappa shape index (κ1) is 17.5. The van der Waals surface area contributed by atoms with Crippen molar-refractivity contribution in [3.05, 3.63) is 0 Å². The molecule has 2 heterocycles. The monoisotopic (exact) mass is 311 g/mol. The molecule has 2 aliphatic rings. The number of ether oxygens (including phenoxy) is 1. The topological polar surface area (TPSA) is 44.8 Å². The van der Waals surface area contributed by atoms with E-state index < -0.39 is 0 Å². The third kappa shape index (κ3) is 5.76. The number of nitrogens with one attached hydrogen (secondary N) is 1. The molecule has 22 heavy (non-hydrogen) atoms. The molecule has 5 nitrogen and oxygen atoms in total. The average Bonchev–Trinajstić information content (AvgIpc) is 2.91. The van der Waals surface area contributed by atoms with Crippen LogP contribution in [0.4, 0.5) is 4.79 Å². The Kier molecular flexibility index (Phi) is 8.02. The molecule has 0 aliphatic carbocycles. The molecule has 5 heteroatoms. The molecule has 2 aliphatic heterocycles. The average molecular weight is 311 g/mol. The zero-order valence-electron chi connectivity index (χ0n) is 14.2. The second-order valence-corrected chi connectivity index (χ2v) is 6.49. The predicted octanol–water partition coefficient (Wildman–Crippen LogP) is 2.46. The highest BCUT2D eigenvalue weighted by atomic mass is 16.5. The SMILES string of the molecule is CCOCCCNC(=O)N1CCCCC[C@@H]1CN1CCCC1. The van der Waals surface area contributed by atoms with E-state index in [1.54, 1.807) is 0 Å². The summed E-state index contributed by atoms with van der Waals surface area (Å²) in [6.07, 6.45) is 8.33. The van der Waals surface area contributed by atoms with Gasteiger partial charge in [-0.25, -0.2) is 4.79 Å². The molecule has 128 valence electrons. The van der Waals surface area contributed by atoms with E-state index in [4.69, 9.17) is 4.74 Å². The van der Waals surface area contributed by atoms with Crippen LogP contribution in [0.3, 0.4) is 0 Å². The van der Waals surface area contributed by atoms with E-state index in [2.05, 4.69) is 15.1 Å². The van der Waals surface area contributed by atoms with Gasteiger partial charge in [-0.15, -0.1) is 0 Å². The summed E-state index contributed by atoms with van der Waals surface area (Å²) in [5.74, 6) is 0. The lowest BCUT2D eigenvalue weighted by molar-refractivity contribution is 0.139. The largest absolute Gasteiger partial charge is 0.382 e. The molecule has 1 atom stereocenters. The molecule has 0 unspecified atom stereocenters. The summed E-state index contributed by atoms with van der Waals surface area (Å²) in [5, 5.41) is 3.08. The van der Waals surface area contributed by atoms with Gasteiger partial charge in [-0.2, -0.15) is 0 Å². The van der Waals surface area contributed by atoms with Gasteiger partial charge in [0.25, 0.3) is 0 Å². The fraction of sp³-hybridized carbons (Fsp3) is 0.941. The normalized spacial score (nSPS) is 23.5. The molecule has 0 aromatic carbocycles. The van der Waals surface area contributed by atoms with E-state index in [9.17, 15) is 4.79 Å². The third-order valence-corrected chi connectivity index (χ3v) is 4.75. The molecule has 0 spiro atoms. The van der Waals surface area contributed by atoms with E-state index >= 15 is 0 Å². The highest BCUT2D eigenvalue weighted by molar-refractivity contribution is 5.74. The van der Waals surface area contributed by atoms with E-state index in [-0.39, 0.29) is 6.03 Å². The first-order chi connectivity index (χ1) is 10.8. The van der Waals surface area contributed by atoms with Crippen molar-refractivity contribution >= 4 is 6.03 Å². The van der Waals surface area contributed by atoms with Gasteiger partial charge in [0, 0.05) is 38.9 Å². The van der Waals surface area contributed by atoms with Gasteiger partial charge in [0.15, 0.2) is 0 Å². The van der Waals surface area contributed by atoms with Gasteiger partial charge in [-0.05, 0) is 52.1 Å². The standard InChI is InChI=1S/C17H33N3O2/c1-2-22-14-8-10-18-17(21)20-13-5-3-4-9-16(20)15-19-11-6-7-12-19/h16H,2-15H2,1H3,(H,18,21)/t16-/m1/s1. The highest BCUT2D eigenvalue weighted by Gasteiger charge is 2.27. The van der Waals surface area contributed by atoms with Crippen molar-refractivity contribution in [1.82, 2.24) is 15.1 Å². The van der Waals surface area contributed by atoms with Crippen molar-refractivity contribution in [2.45, 2.75) is 57.9 Å². The van der Waals surface area contributed by atoms with Gasteiger partial charge in [-0.3, -0.25) is 0 Å². The summed E-state index contributed by atoms with van der Waals surface area (Å²) in [7, 11) is 0. The number of carbonyl (C=O) groups excluding carboxylic acids is 1. The Morgan fingerprint density at radius 2 is 1.91 bits per heavy atom. The Morgan fingerprint density at radius 3 is 2.68 bits per heavy atom. The minimum Gasteiger partial charge on any atom is -0.382 e. The molecule has 2 fully saturated rings. The highest BCUT2D eigenvalue weighted by Crippen LogP contribution is 2.19. The third-order valence-electron chi connectivity index (χ3n) is 4.75.